The minimum absolute atomic E-state index is 0.239. The summed E-state index contributed by atoms with van der Waals surface area (Å²) in [7, 11) is 0. The second kappa shape index (κ2) is 6.44. The molecule has 1 aromatic rings. The average Bonchev–Trinajstić information content (AvgIpc) is 2.36. The molecule has 0 bridgehead atoms. The van der Waals surface area contributed by atoms with Crippen LogP contribution in [0.3, 0.4) is 0 Å². The molecule has 1 unspecified atom stereocenters. The molecular formula is C13H12O5. The van der Waals surface area contributed by atoms with Gasteiger partial charge < -0.3 is 9.53 Å². The maximum atomic E-state index is 11.7. The molecule has 0 spiro atoms. The first-order chi connectivity index (χ1) is 8.56. The highest BCUT2D eigenvalue weighted by atomic mass is 16.5. The molecule has 5 heteroatoms. The Balaban J connectivity index is 2.79. The van der Waals surface area contributed by atoms with Crippen LogP contribution in [0, 0.1) is 0 Å². The van der Waals surface area contributed by atoms with Gasteiger partial charge in [0.1, 0.15) is 6.29 Å². The van der Waals surface area contributed by atoms with Gasteiger partial charge in [-0.15, -0.1) is 0 Å². The molecule has 1 aromatic carbocycles. The Labute approximate surface area is 104 Å². The predicted molar refractivity (Wildman–Crippen MR) is 62.0 cm³/mol. The molecule has 0 heterocycles. The third-order valence-corrected chi connectivity index (χ3v) is 2.18. The maximum Gasteiger partial charge on any atom is 0.339 e. The first kappa shape index (κ1) is 13.8. The highest BCUT2D eigenvalue weighted by Crippen LogP contribution is 2.06. The van der Waals surface area contributed by atoms with Crippen molar-refractivity contribution in [1.82, 2.24) is 0 Å². The molecule has 0 aromatic heterocycles. The van der Waals surface area contributed by atoms with Crippen molar-refractivity contribution in [2.45, 2.75) is 19.4 Å². The molecule has 0 aliphatic carbocycles. The van der Waals surface area contributed by atoms with Crippen LogP contribution in [0.2, 0.25) is 0 Å². The van der Waals surface area contributed by atoms with E-state index in [4.69, 9.17) is 4.74 Å². The average molecular weight is 248 g/mol. The summed E-state index contributed by atoms with van der Waals surface area (Å²) in [5, 5.41) is 0. The van der Waals surface area contributed by atoms with Crippen molar-refractivity contribution in [3.05, 3.63) is 35.9 Å². The Hall–Kier alpha value is -2.30. The van der Waals surface area contributed by atoms with Gasteiger partial charge in [-0.3, -0.25) is 9.59 Å². The largest absolute Gasteiger partial charge is 0.443 e. The molecule has 0 aliphatic heterocycles. The Morgan fingerprint density at radius 1 is 1.22 bits per heavy atom. The SMILES string of the molecule is CC(=O)C(OC(=O)c1ccccc1)C(=O)CC=O. The van der Waals surface area contributed by atoms with E-state index in [0.29, 0.717) is 6.29 Å². The number of esters is 1. The maximum absolute atomic E-state index is 11.7. The van der Waals surface area contributed by atoms with Crippen molar-refractivity contribution < 1.29 is 23.9 Å². The van der Waals surface area contributed by atoms with Gasteiger partial charge in [0.25, 0.3) is 0 Å². The van der Waals surface area contributed by atoms with E-state index < -0.39 is 30.1 Å². The van der Waals surface area contributed by atoms with Gasteiger partial charge in [-0.05, 0) is 19.1 Å². The monoisotopic (exact) mass is 248 g/mol. The van der Waals surface area contributed by atoms with Crippen molar-refractivity contribution in [3.63, 3.8) is 0 Å². The smallest absolute Gasteiger partial charge is 0.339 e. The number of carbonyl (C=O) groups is 4. The van der Waals surface area contributed by atoms with Crippen LogP contribution in [0.5, 0.6) is 0 Å². The lowest BCUT2D eigenvalue weighted by Gasteiger charge is -2.12. The van der Waals surface area contributed by atoms with Gasteiger partial charge in [-0.25, -0.2) is 4.79 Å². The van der Waals surface area contributed by atoms with E-state index in [0.717, 1.165) is 6.92 Å². The summed E-state index contributed by atoms with van der Waals surface area (Å²) >= 11 is 0. The third kappa shape index (κ3) is 3.62. The molecule has 0 N–H and O–H groups in total. The lowest BCUT2D eigenvalue weighted by atomic mass is 10.1. The molecule has 1 rings (SSSR count). The summed E-state index contributed by atoms with van der Waals surface area (Å²) in [6, 6.07) is 7.99. The van der Waals surface area contributed by atoms with Crippen LogP contribution in [0.1, 0.15) is 23.7 Å². The molecule has 0 radical (unpaired) electrons. The van der Waals surface area contributed by atoms with Gasteiger partial charge in [0.15, 0.2) is 11.6 Å². The quantitative estimate of drug-likeness (QED) is 0.425. The minimum Gasteiger partial charge on any atom is -0.443 e. The van der Waals surface area contributed by atoms with E-state index in [1.807, 2.05) is 0 Å². The van der Waals surface area contributed by atoms with Crippen molar-refractivity contribution in [3.8, 4) is 0 Å². The van der Waals surface area contributed by atoms with Crippen LogP contribution in [0.15, 0.2) is 30.3 Å². The summed E-state index contributed by atoms with van der Waals surface area (Å²) in [5.74, 6) is -2.09. The normalized spacial score (nSPS) is 11.4. The second-order valence-corrected chi connectivity index (χ2v) is 3.60. The molecule has 94 valence electrons. The summed E-state index contributed by atoms with van der Waals surface area (Å²) in [5.41, 5.74) is 0.239. The number of hydrogen-bond acceptors (Lipinski definition) is 5. The van der Waals surface area contributed by atoms with E-state index in [1.165, 1.54) is 12.1 Å². The zero-order valence-electron chi connectivity index (χ0n) is 9.79. The number of rotatable bonds is 6. The van der Waals surface area contributed by atoms with Crippen molar-refractivity contribution in [2.75, 3.05) is 0 Å². The standard InChI is InChI=1S/C13H12O5/c1-9(15)12(11(16)7-8-14)18-13(17)10-5-3-2-4-6-10/h2-6,8,12H,7H2,1H3. The van der Waals surface area contributed by atoms with Crippen LogP contribution in [-0.4, -0.2) is 29.9 Å². The number of Topliss-reactive ketones (excluding diaryl/α,β-unsaturated/α-hetero) is 2. The molecule has 0 aliphatic rings. The third-order valence-electron chi connectivity index (χ3n) is 2.18. The Morgan fingerprint density at radius 2 is 1.83 bits per heavy atom. The number of ketones is 2. The summed E-state index contributed by atoms with van der Waals surface area (Å²) in [6.07, 6.45) is -1.59. The fraction of sp³-hybridized carbons (Fsp3) is 0.231. The van der Waals surface area contributed by atoms with Gasteiger partial charge in [0.2, 0.25) is 6.10 Å². The Kier molecular flexibility index (Phi) is 4.92. The molecule has 0 amide bonds. The van der Waals surface area contributed by atoms with Crippen molar-refractivity contribution in [2.24, 2.45) is 0 Å². The highest BCUT2D eigenvalue weighted by molar-refractivity contribution is 6.09. The van der Waals surface area contributed by atoms with E-state index >= 15 is 0 Å². The van der Waals surface area contributed by atoms with Gasteiger partial charge >= 0.3 is 5.97 Å². The molecule has 5 nitrogen and oxygen atoms in total. The lowest BCUT2D eigenvalue weighted by Crippen LogP contribution is -2.33. The van der Waals surface area contributed by atoms with Crippen LogP contribution >= 0.6 is 0 Å². The number of benzene rings is 1. The van der Waals surface area contributed by atoms with E-state index in [-0.39, 0.29) is 5.56 Å². The molecule has 0 saturated carbocycles. The first-order valence-corrected chi connectivity index (χ1v) is 5.29. The van der Waals surface area contributed by atoms with Crippen LogP contribution in [-0.2, 0) is 19.1 Å². The first-order valence-electron chi connectivity index (χ1n) is 5.29. The van der Waals surface area contributed by atoms with E-state index in [2.05, 4.69) is 0 Å². The van der Waals surface area contributed by atoms with Crippen molar-refractivity contribution in [1.29, 1.82) is 0 Å². The molecule has 0 saturated heterocycles. The predicted octanol–water partition coefficient (Wildman–Crippen LogP) is 0.959. The highest BCUT2D eigenvalue weighted by Gasteiger charge is 2.27. The Bertz CT molecular complexity index is 464. The summed E-state index contributed by atoms with van der Waals surface area (Å²) < 4.78 is 4.82. The molecule has 18 heavy (non-hydrogen) atoms. The fourth-order valence-corrected chi connectivity index (χ4v) is 1.31. The number of hydrogen-bond donors (Lipinski definition) is 0. The second-order valence-electron chi connectivity index (χ2n) is 3.60. The van der Waals surface area contributed by atoms with E-state index in [9.17, 15) is 19.2 Å². The number of aldehydes is 1. The van der Waals surface area contributed by atoms with Crippen LogP contribution in [0.25, 0.3) is 0 Å². The van der Waals surface area contributed by atoms with Gasteiger partial charge in [-0.1, -0.05) is 18.2 Å². The summed E-state index contributed by atoms with van der Waals surface area (Å²) in [6.45, 7) is 1.13. The molecule has 1 atom stereocenters. The van der Waals surface area contributed by atoms with Crippen LogP contribution in [0.4, 0.5) is 0 Å². The Morgan fingerprint density at radius 3 is 2.33 bits per heavy atom. The van der Waals surface area contributed by atoms with Crippen molar-refractivity contribution >= 4 is 23.8 Å². The van der Waals surface area contributed by atoms with Gasteiger partial charge in [0.05, 0.1) is 12.0 Å². The number of ether oxygens (including phenoxy) is 1. The molecule has 0 fully saturated rings. The van der Waals surface area contributed by atoms with Gasteiger partial charge in [0, 0.05) is 0 Å². The molecular weight excluding hydrogens is 236 g/mol. The minimum atomic E-state index is -1.51. The zero-order valence-corrected chi connectivity index (χ0v) is 9.79. The van der Waals surface area contributed by atoms with Gasteiger partial charge in [-0.2, -0.15) is 0 Å². The van der Waals surface area contributed by atoms with Crippen LogP contribution < -0.4 is 0 Å². The lowest BCUT2D eigenvalue weighted by molar-refractivity contribution is -0.138. The topological polar surface area (TPSA) is 77.5 Å². The fourth-order valence-electron chi connectivity index (χ4n) is 1.31. The van der Waals surface area contributed by atoms with E-state index in [1.54, 1.807) is 18.2 Å². The summed E-state index contributed by atoms with van der Waals surface area (Å²) in [4.78, 5) is 44.5. The number of carbonyl (C=O) groups excluding carboxylic acids is 4. The zero-order chi connectivity index (χ0) is 13.5.